The minimum Gasteiger partial charge on any atom is -0.310 e. The number of nitrogens with one attached hydrogen (secondary N) is 1. The van der Waals surface area contributed by atoms with Gasteiger partial charge in [0, 0.05) is 38.1 Å². The zero-order chi connectivity index (χ0) is 16.8. The van der Waals surface area contributed by atoms with Crippen LogP contribution >= 0.6 is 0 Å². The van der Waals surface area contributed by atoms with E-state index in [-0.39, 0.29) is 5.75 Å². The van der Waals surface area contributed by atoms with Gasteiger partial charge in [0.1, 0.15) is 0 Å². The van der Waals surface area contributed by atoms with Crippen LogP contribution in [0, 0.1) is 0 Å². The summed E-state index contributed by atoms with van der Waals surface area (Å²) in [7, 11) is -3.23. The molecule has 5 nitrogen and oxygen atoms in total. The molecule has 0 aliphatic carbocycles. The molecular weight excluding hydrogens is 322 g/mol. The highest BCUT2D eigenvalue weighted by atomic mass is 32.2. The first-order valence-corrected chi connectivity index (χ1v) is 9.88. The Morgan fingerprint density at radius 2 is 1.75 bits per heavy atom. The van der Waals surface area contributed by atoms with Crippen LogP contribution in [-0.2, 0) is 22.3 Å². The van der Waals surface area contributed by atoms with Gasteiger partial charge in [0.2, 0.25) is 10.0 Å². The fraction of sp³-hybridized carbons (Fsp3) is 0.389. The molecule has 1 aromatic heterocycles. The van der Waals surface area contributed by atoms with E-state index in [0.717, 1.165) is 30.5 Å². The first-order chi connectivity index (χ1) is 11.6. The second kappa shape index (κ2) is 7.88. The molecule has 0 bridgehead atoms. The van der Waals surface area contributed by atoms with Crippen LogP contribution in [0.25, 0.3) is 0 Å². The highest BCUT2D eigenvalue weighted by Crippen LogP contribution is 2.18. The number of nitrogens with zero attached hydrogens (tertiary/aromatic N) is 2. The topological polar surface area (TPSA) is 62.3 Å². The molecule has 24 heavy (non-hydrogen) atoms. The van der Waals surface area contributed by atoms with E-state index in [1.165, 1.54) is 0 Å². The van der Waals surface area contributed by atoms with E-state index in [4.69, 9.17) is 0 Å². The van der Waals surface area contributed by atoms with Gasteiger partial charge >= 0.3 is 0 Å². The lowest BCUT2D eigenvalue weighted by molar-refractivity contribution is 0.288. The van der Waals surface area contributed by atoms with E-state index in [2.05, 4.69) is 10.3 Å². The third-order valence-electron chi connectivity index (χ3n) is 4.36. The van der Waals surface area contributed by atoms with Crippen molar-refractivity contribution in [3.8, 4) is 0 Å². The van der Waals surface area contributed by atoms with Crippen molar-refractivity contribution in [2.45, 2.75) is 31.2 Å². The Morgan fingerprint density at radius 3 is 2.42 bits per heavy atom. The predicted molar refractivity (Wildman–Crippen MR) is 94.7 cm³/mol. The third kappa shape index (κ3) is 4.63. The molecule has 0 spiro atoms. The van der Waals surface area contributed by atoms with Gasteiger partial charge in [-0.15, -0.1) is 0 Å². The standard InChI is InChI=1S/C18H23N3O2S/c22-24(23,15-16-5-2-1-3-6-16)21-11-8-18(9-12-21)20-14-17-7-4-10-19-13-17/h1-7,10,13,18,20H,8-9,11-12,14-15H2. The predicted octanol–water partition coefficient (Wildman–Crippen LogP) is 2.17. The van der Waals surface area contributed by atoms with E-state index in [1.54, 1.807) is 10.5 Å². The van der Waals surface area contributed by atoms with Crippen LogP contribution in [0.3, 0.4) is 0 Å². The lowest BCUT2D eigenvalue weighted by Crippen LogP contribution is -2.45. The summed E-state index contributed by atoms with van der Waals surface area (Å²) in [6, 6.07) is 13.7. The molecule has 1 saturated heterocycles. The van der Waals surface area contributed by atoms with Crippen molar-refractivity contribution in [1.29, 1.82) is 0 Å². The fourth-order valence-corrected chi connectivity index (χ4v) is 4.54. The molecule has 0 atom stereocenters. The molecule has 0 amide bonds. The first kappa shape index (κ1) is 17.1. The SMILES string of the molecule is O=S(=O)(Cc1ccccc1)N1CCC(NCc2cccnc2)CC1. The number of aromatic nitrogens is 1. The summed E-state index contributed by atoms with van der Waals surface area (Å²) >= 11 is 0. The van der Waals surface area contributed by atoms with E-state index < -0.39 is 10.0 Å². The van der Waals surface area contributed by atoms with Gasteiger partial charge in [-0.1, -0.05) is 36.4 Å². The Bertz CT molecular complexity index is 727. The molecule has 0 unspecified atom stereocenters. The molecule has 2 aromatic rings. The van der Waals surface area contributed by atoms with Gasteiger partial charge in [-0.05, 0) is 30.0 Å². The minimum atomic E-state index is -3.23. The average molecular weight is 345 g/mol. The lowest BCUT2D eigenvalue weighted by atomic mass is 10.1. The maximum absolute atomic E-state index is 12.5. The van der Waals surface area contributed by atoms with Crippen LogP contribution in [0.2, 0.25) is 0 Å². The van der Waals surface area contributed by atoms with Crippen molar-refractivity contribution in [2.24, 2.45) is 0 Å². The van der Waals surface area contributed by atoms with E-state index in [0.29, 0.717) is 19.1 Å². The van der Waals surface area contributed by atoms with Crippen molar-refractivity contribution in [2.75, 3.05) is 13.1 Å². The van der Waals surface area contributed by atoms with E-state index >= 15 is 0 Å². The van der Waals surface area contributed by atoms with Crippen LogP contribution in [0.1, 0.15) is 24.0 Å². The maximum Gasteiger partial charge on any atom is 0.218 e. The number of benzene rings is 1. The first-order valence-electron chi connectivity index (χ1n) is 8.27. The second-order valence-corrected chi connectivity index (χ2v) is 8.13. The van der Waals surface area contributed by atoms with E-state index in [1.807, 2.05) is 48.7 Å². The molecule has 1 aliphatic rings. The Morgan fingerprint density at radius 1 is 1.04 bits per heavy atom. The highest BCUT2D eigenvalue weighted by molar-refractivity contribution is 7.88. The van der Waals surface area contributed by atoms with Crippen molar-refractivity contribution in [3.05, 3.63) is 66.0 Å². The smallest absolute Gasteiger partial charge is 0.218 e. The molecule has 0 radical (unpaired) electrons. The number of piperidine rings is 1. The van der Waals surface area contributed by atoms with Crippen LogP contribution < -0.4 is 5.32 Å². The van der Waals surface area contributed by atoms with Crippen molar-refractivity contribution >= 4 is 10.0 Å². The Hall–Kier alpha value is -1.76. The molecule has 0 saturated carbocycles. The molecule has 2 heterocycles. The molecule has 1 aromatic carbocycles. The Balaban J connectivity index is 1.49. The van der Waals surface area contributed by atoms with Crippen LogP contribution in [0.5, 0.6) is 0 Å². The molecule has 1 aliphatic heterocycles. The Kier molecular flexibility index (Phi) is 5.60. The minimum absolute atomic E-state index is 0.0849. The van der Waals surface area contributed by atoms with Gasteiger partial charge in [0.25, 0.3) is 0 Å². The van der Waals surface area contributed by atoms with Gasteiger partial charge in [-0.2, -0.15) is 0 Å². The number of rotatable bonds is 6. The van der Waals surface area contributed by atoms with Crippen LogP contribution in [0.4, 0.5) is 0 Å². The summed E-state index contributed by atoms with van der Waals surface area (Å²) in [5, 5.41) is 3.50. The molecule has 1 N–H and O–H groups in total. The quantitative estimate of drug-likeness (QED) is 0.871. The average Bonchev–Trinajstić information content (AvgIpc) is 2.62. The van der Waals surface area contributed by atoms with Crippen LogP contribution in [0.15, 0.2) is 54.9 Å². The van der Waals surface area contributed by atoms with Gasteiger partial charge in [0.05, 0.1) is 5.75 Å². The molecule has 6 heteroatoms. The van der Waals surface area contributed by atoms with Gasteiger partial charge in [-0.3, -0.25) is 4.98 Å². The van der Waals surface area contributed by atoms with Crippen molar-refractivity contribution in [1.82, 2.24) is 14.6 Å². The number of hydrogen-bond donors (Lipinski definition) is 1. The fourth-order valence-electron chi connectivity index (χ4n) is 2.98. The van der Waals surface area contributed by atoms with Crippen molar-refractivity contribution < 1.29 is 8.42 Å². The summed E-state index contributed by atoms with van der Waals surface area (Å²) in [5.74, 6) is 0.0849. The summed E-state index contributed by atoms with van der Waals surface area (Å²) in [4.78, 5) is 4.11. The summed E-state index contributed by atoms with van der Waals surface area (Å²) in [6.07, 6.45) is 5.30. The lowest BCUT2D eigenvalue weighted by Gasteiger charge is -2.31. The molecule has 3 rings (SSSR count). The van der Waals surface area contributed by atoms with Crippen molar-refractivity contribution in [3.63, 3.8) is 0 Å². The van der Waals surface area contributed by atoms with Gasteiger partial charge in [0.15, 0.2) is 0 Å². The van der Waals surface area contributed by atoms with Crippen LogP contribution in [-0.4, -0.2) is 36.8 Å². The number of sulfonamides is 1. The maximum atomic E-state index is 12.5. The molecular formula is C18H23N3O2S. The summed E-state index contributed by atoms with van der Waals surface area (Å²) in [6.45, 7) is 1.94. The zero-order valence-corrected chi connectivity index (χ0v) is 14.5. The number of pyridine rings is 1. The highest BCUT2D eigenvalue weighted by Gasteiger charge is 2.27. The largest absolute Gasteiger partial charge is 0.310 e. The Labute approximate surface area is 143 Å². The monoisotopic (exact) mass is 345 g/mol. The van der Waals surface area contributed by atoms with Gasteiger partial charge in [-0.25, -0.2) is 12.7 Å². The summed E-state index contributed by atoms with van der Waals surface area (Å²) in [5.41, 5.74) is 1.99. The van der Waals surface area contributed by atoms with E-state index in [9.17, 15) is 8.42 Å². The second-order valence-electron chi connectivity index (χ2n) is 6.16. The number of hydrogen-bond acceptors (Lipinski definition) is 4. The van der Waals surface area contributed by atoms with Gasteiger partial charge < -0.3 is 5.32 Å². The zero-order valence-electron chi connectivity index (χ0n) is 13.6. The molecule has 128 valence electrons. The molecule has 1 fully saturated rings. The summed E-state index contributed by atoms with van der Waals surface area (Å²) < 4.78 is 26.7. The normalized spacial score (nSPS) is 17.0. The third-order valence-corrected chi connectivity index (χ3v) is 6.21.